The zero-order valence-electron chi connectivity index (χ0n) is 15.3. The fourth-order valence-corrected chi connectivity index (χ4v) is 2.99. The van der Waals surface area contributed by atoms with E-state index in [0.29, 0.717) is 16.6 Å². The molecule has 4 aromatic rings. The maximum atomic E-state index is 14.4. The second-order valence-electron chi connectivity index (χ2n) is 6.58. The summed E-state index contributed by atoms with van der Waals surface area (Å²) in [5, 5.41) is 7.94. The number of aromatic amines is 2. The van der Waals surface area contributed by atoms with Gasteiger partial charge in [-0.3, -0.25) is 10.1 Å². The van der Waals surface area contributed by atoms with Crippen molar-refractivity contribution < 1.29 is 18.3 Å². The van der Waals surface area contributed by atoms with Gasteiger partial charge in [0, 0.05) is 5.56 Å². The summed E-state index contributed by atoms with van der Waals surface area (Å²) in [4.78, 5) is 30.8. The van der Waals surface area contributed by atoms with Crippen molar-refractivity contribution in [3.63, 3.8) is 0 Å². The lowest BCUT2D eigenvalue weighted by Gasteiger charge is -2.07. The Morgan fingerprint density at radius 3 is 2.59 bits per heavy atom. The van der Waals surface area contributed by atoms with Crippen LogP contribution in [0.25, 0.3) is 33.1 Å². The van der Waals surface area contributed by atoms with Gasteiger partial charge in [0.05, 0.1) is 27.9 Å². The fourth-order valence-electron chi connectivity index (χ4n) is 2.99. The zero-order valence-corrected chi connectivity index (χ0v) is 15.3. The van der Waals surface area contributed by atoms with Crippen LogP contribution in [0.2, 0.25) is 0 Å². The minimum absolute atomic E-state index is 0.0650. The summed E-state index contributed by atoms with van der Waals surface area (Å²) < 4.78 is 33.5. The second kappa shape index (κ2) is 6.97. The number of carbonyl (C=O) groups is 1. The minimum Gasteiger partial charge on any atom is -0.447 e. The number of amides is 1. The summed E-state index contributed by atoms with van der Waals surface area (Å²) in [6.45, 7) is 3.43. The van der Waals surface area contributed by atoms with Crippen LogP contribution in [-0.2, 0) is 4.74 Å². The number of H-pyrrole nitrogens is 2. The van der Waals surface area contributed by atoms with E-state index < -0.39 is 28.7 Å². The van der Waals surface area contributed by atoms with E-state index in [-0.39, 0.29) is 23.1 Å². The molecule has 0 aliphatic heterocycles. The van der Waals surface area contributed by atoms with E-state index >= 15 is 0 Å². The first kappa shape index (κ1) is 18.5. The molecule has 10 heteroatoms. The molecule has 0 atom stereocenters. The number of aromatic nitrogens is 4. The molecule has 0 unspecified atom stereocenters. The number of rotatable bonds is 3. The first-order chi connectivity index (χ1) is 13.8. The largest absolute Gasteiger partial charge is 0.447 e. The molecule has 148 valence electrons. The van der Waals surface area contributed by atoms with Crippen LogP contribution in [0.4, 0.5) is 19.5 Å². The van der Waals surface area contributed by atoms with Crippen LogP contribution in [0.1, 0.15) is 13.8 Å². The Kier molecular flexibility index (Phi) is 4.45. The summed E-state index contributed by atoms with van der Waals surface area (Å²) in [6, 6.07) is 6.67. The Hall–Kier alpha value is -3.82. The summed E-state index contributed by atoms with van der Waals surface area (Å²) in [7, 11) is 0. The van der Waals surface area contributed by atoms with Gasteiger partial charge < -0.3 is 9.72 Å². The van der Waals surface area contributed by atoms with Gasteiger partial charge in [0.25, 0.3) is 5.56 Å². The van der Waals surface area contributed by atoms with Gasteiger partial charge in [-0.05, 0) is 38.1 Å². The van der Waals surface area contributed by atoms with Crippen molar-refractivity contribution in [2.75, 3.05) is 5.32 Å². The molecular formula is C19H15F2N5O3. The number of imidazole rings is 1. The van der Waals surface area contributed by atoms with E-state index in [1.54, 1.807) is 32.0 Å². The van der Waals surface area contributed by atoms with Gasteiger partial charge in [0.1, 0.15) is 17.3 Å². The monoisotopic (exact) mass is 399 g/mol. The molecule has 0 fully saturated rings. The molecule has 0 aliphatic carbocycles. The molecule has 2 heterocycles. The highest BCUT2D eigenvalue weighted by molar-refractivity contribution is 5.96. The van der Waals surface area contributed by atoms with Gasteiger partial charge in [-0.2, -0.15) is 5.10 Å². The first-order valence-electron chi connectivity index (χ1n) is 8.67. The number of nitrogens with zero attached hydrogens (tertiary/aromatic N) is 2. The molecule has 2 aromatic heterocycles. The number of benzene rings is 2. The average Bonchev–Trinajstić information content (AvgIpc) is 3.05. The van der Waals surface area contributed by atoms with Gasteiger partial charge in [0.15, 0.2) is 0 Å². The van der Waals surface area contributed by atoms with Crippen molar-refractivity contribution in [1.82, 2.24) is 20.2 Å². The van der Waals surface area contributed by atoms with E-state index in [2.05, 4.69) is 25.5 Å². The molecule has 0 saturated heterocycles. The quantitative estimate of drug-likeness (QED) is 0.486. The van der Waals surface area contributed by atoms with Gasteiger partial charge in [-0.25, -0.2) is 23.7 Å². The predicted molar refractivity (Wildman–Crippen MR) is 103 cm³/mol. The Balaban J connectivity index is 1.80. The van der Waals surface area contributed by atoms with Crippen molar-refractivity contribution in [1.29, 1.82) is 0 Å². The Labute approximate surface area is 161 Å². The predicted octanol–water partition coefficient (Wildman–Crippen LogP) is 3.70. The molecule has 3 N–H and O–H groups in total. The van der Waals surface area contributed by atoms with Crippen LogP contribution in [0.15, 0.2) is 35.1 Å². The molecule has 0 bridgehead atoms. The molecule has 29 heavy (non-hydrogen) atoms. The summed E-state index contributed by atoms with van der Waals surface area (Å²) in [5.41, 5.74) is 0.687. The van der Waals surface area contributed by atoms with E-state index in [0.717, 1.165) is 12.1 Å². The fraction of sp³-hybridized carbons (Fsp3) is 0.158. The number of nitrogens with one attached hydrogen (secondary N) is 3. The molecule has 0 aliphatic rings. The van der Waals surface area contributed by atoms with Crippen LogP contribution >= 0.6 is 0 Å². The second-order valence-corrected chi connectivity index (χ2v) is 6.58. The molecule has 1 amide bonds. The van der Waals surface area contributed by atoms with Crippen LogP contribution in [-0.4, -0.2) is 32.4 Å². The molecule has 0 spiro atoms. The molecule has 2 aromatic carbocycles. The number of hydrogen-bond donors (Lipinski definition) is 3. The van der Waals surface area contributed by atoms with Crippen LogP contribution in [0.3, 0.4) is 0 Å². The lowest BCUT2D eigenvalue weighted by molar-refractivity contribution is 0.130. The normalized spacial score (nSPS) is 11.3. The standard InChI is InChI=1S/C19H15F2N5O3/c1-8(2)29-19(28)24-18-22-12-6-3-9(7-13(12)23-18)16-14-10(20)4-5-11(21)15(14)17(27)26-25-16/h3-8H,1-2H3,(H,26,27)(H2,22,23,24,28). The minimum atomic E-state index is -0.845. The van der Waals surface area contributed by atoms with Crippen LogP contribution in [0.5, 0.6) is 0 Å². The third-order valence-electron chi connectivity index (χ3n) is 4.16. The summed E-state index contributed by atoms with van der Waals surface area (Å²) in [5.74, 6) is -1.45. The highest BCUT2D eigenvalue weighted by Gasteiger charge is 2.17. The SMILES string of the molecule is CC(C)OC(=O)Nc1nc2cc(-c3n[nH]c(=O)c4c(F)ccc(F)c34)ccc2[nH]1. The number of carbonyl (C=O) groups excluding carboxylic acids is 1. The highest BCUT2D eigenvalue weighted by atomic mass is 19.1. The van der Waals surface area contributed by atoms with Crippen LogP contribution in [0, 0.1) is 11.6 Å². The molecule has 0 saturated carbocycles. The van der Waals surface area contributed by atoms with Gasteiger partial charge >= 0.3 is 6.09 Å². The Bertz CT molecular complexity index is 1310. The summed E-state index contributed by atoms with van der Waals surface area (Å²) in [6.07, 6.45) is -0.953. The van der Waals surface area contributed by atoms with E-state index in [9.17, 15) is 18.4 Å². The number of fused-ring (bicyclic) bond motifs is 2. The Morgan fingerprint density at radius 1 is 1.14 bits per heavy atom. The maximum Gasteiger partial charge on any atom is 0.414 e. The average molecular weight is 399 g/mol. The number of anilines is 1. The topological polar surface area (TPSA) is 113 Å². The summed E-state index contributed by atoms with van der Waals surface area (Å²) >= 11 is 0. The van der Waals surface area contributed by atoms with Crippen molar-refractivity contribution in [2.24, 2.45) is 0 Å². The lowest BCUT2D eigenvalue weighted by atomic mass is 10.0. The van der Waals surface area contributed by atoms with Crippen LogP contribution < -0.4 is 10.9 Å². The molecular weight excluding hydrogens is 384 g/mol. The van der Waals surface area contributed by atoms with Gasteiger partial charge in [0.2, 0.25) is 5.95 Å². The number of hydrogen-bond acceptors (Lipinski definition) is 5. The first-order valence-corrected chi connectivity index (χ1v) is 8.67. The maximum absolute atomic E-state index is 14.4. The molecule has 4 rings (SSSR count). The number of ether oxygens (including phenoxy) is 1. The van der Waals surface area contributed by atoms with E-state index in [1.807, 2.05) is 0 Å². The smallest absolute Gasteiger partial charge is 0.414 e. The lowest BCUT2D eigenvalue weighted by Crippen LogP contribution is -2.18. The Morgan fingerprint density at radius 2 is 1.86 bits per heavy atom. The van der Waals surface area contributed by atoms with Crippen molar-refractivity contribution in [3.05, 3.63) is 52.3 Å². The zero-order chi connectivity index (χ0) is 20.7. The van der Waals surface area contributed by atoms with E-state index in [4.69, 9.17) is 4.74 Å². The van der Waals surface area contributed by atoms with Crippen molar-refractivity contribution >= 4 is 33.8 Å². The van der Waals surface area contributed by atoms with Crippen molar-refractivity contribution in [3.8, 4) is 11.3 Å². The third kappa shape index (κ3) is 3.40. The van der Waals surface area contributed by atoms with Crippen molar-refractivity contribution in [2.45, 2.75) is 20.0 Å². The third-order valence-corrected chi connectivity index (χ3v) is 4.16. The highest BCUT2D eigenvalue weighted by Crippen LogP contribution is 2.30. The molecule has 8 nitrogen and oxygen atoms in total. The van der Waals surface area contributed by atoms with Gasteiger partial charge in [-0.1, -0.05) is 6.07 Å². The molecule has 0 radical (unpaired) electrons. The van der Waals surface area contributed by atoms with E-state index in [1.165, 1.54) is 0 Å². The number of halogens is 2. The van der Waals surface area contributed by atoms with Gasteiger partial charge in [-0.15, -0.1) is 0 Å².